The van der Waals surface area contributed by atoms with E-state index >= 15 is 0 Å². The second kappa shape index (κ2) is 4.03. The Morgan fingerprint density at radius 3 is 2.33 bits per heavy atom. The lowest BCUT2D eigenvalue weighted by Gasteiger charge is -2.28. The zero-order chi connectivity index (χ0) is 11.7. The van der Waals surface area contributed by atoms with E-state index in [9.17, 15) is 8.42 Å². The molecular formula is C10H21NO3S. The van der Waals surface area contributed by atoms with E-state index < -0.39 is 19.3 Å². The van der Waals surface area contributed by atoms with Crippen LogP contribution in [0, 0.1) is 0 Å². The summed E-state index contributed by atoms with van der Waals surface area (Å²) in [6.07, 6.45) is 1.55. The molecule has 0 unspecified atom stereocenters. The van der Waals surface area contributed by atoms with Gasteiger partial charge in [0, 0.05) is 13.1 Å². The fourth-order valence-electron chi connectivity index (χ4n) is 1.68. The van der Waals surface area contributed by atoms with Gasteiger partial charge >= 0.3 is 0 Å². The van der Waals surface area contributed by atoms with Gasteiger partial charge < -0.3 is 10.4 Å². The minimum atomic E-state index is -3.09. The molecule has 0 saturated heterocycles. The van der Waals surface area contributed by atoms with Crippen LogP contribution in [0.2, 0.25) is 0 Å². The molecule has 1 fully saturated rings. The second-order valence-corrected chi connectivity index (χ2v) is 8.21. The maximum absolute atomic E-state index is 12.2. The van der Waals surface area contributed by atoms with E-state index in [1.165, 1.54) is 0 Å². The first-order valence-electron chi connectivity index (χ1n) is 5.33. The summed E-state index contributed by atoms with van der Waals surface area (Å²) < 4.78 is 23.2. The van der Waals surface area contributed by atoms with Crippen molar-refractivity contribution in [1.82, 2.24) is 5.32 Å². The summed E-state index contributed by atoms with van der Waals surface area (Å²) in [5.74, 6) is 0. The number of aliphatic hydroxyl groups excluding tert-OH is 1. The third-order valence-corrected chi connectivity index (χ3v) is 6.47. The lowest BCUT2D eigenvalue weighted by molar-refractivity contribution is 0.290. The van der Waals surface area contributed by atoms with Crippen molar-refractivity contribution < 1.29 is 13.5 Å². The monoisotopic (exact) mass is 235 g/mol. The summed E-state index contributed by atoms with van der Waals surface area (Å²) in [6.45, 7) is 6.18. The zero-order valence-electron chi connectivity index (χ0n) is 9.71. The molecule has 1 aliphatic carbocycles. The number of rotatable bonds is 6. The van der Waals surface area contributed by atoms with Crippen LogP contribution in [0.5, 0.6) is 0 Å². The molecule has 0 aromatic rings. The Kier molecular flexibility index (Phi) is 3.48. The van der Waals surface area contributed by atoms with Crippen LogP contribution in [0.4, 0.5) is 0 Å². The van der Waals surface area contributed by atoms with E-state index in [1.807, 2.05) is 6.92 Å². The quantitative estimate of drug-likeness (QED) is 0.650. The van der Waals surface area contributed by atoms with E-state index in [0.717, 1.165) is 12.8 Å². The summed E-state index contributed by atoms with van der Waals surface area (Å²) in [6, 6.07) is 0. The van der Waals surface area contributed by atoms with Crippen LogP contribution in [0.15, 0.2) is 0 Å². The summed E-state index contributed by atoms with van der Waals surface area (Å²) in [7, 11) is -3.09. The molecule has 2 N–H and O–H groups in total. The average Bonchev–Trinajstić information content (AvgIpc) is 2.85. The Morgan fingerprint density at radius 2 is 1.93 bits per heavy atom. The Labute approximate surface area is 92.0 Å². The van der Waals surface area contributed by atoms with Gasteiger partial charge in [0.2, 0.25) is 0 Å². The molecule has 0 aromatic carbocycles. The summed E-state index contributed by atoms with van der Waals surface area (Å²) in [5, 5.41) is 11.6. The number of sulfone groups is 1. The van der Waals surface area contributed by atoms with Crippen LogP contribution in [-0.2, 0) is 9.84 Å². The number of hydrogen-bond donors (Lipinski definition) is 2. The van der Waals surface area contributed by atoms with E-state index in [-0.39, 0.29) is 6.61 Å². The summed E-state index contributed by atoms with van der Waals surface area (Å²) in [4.78, 5) is 0. The Morgan fingerprint density at radius 1 is 1.40 bits per heavy atom. The van der Waals surface area contributed by atoms with Crippen molar-refractivity contribution in [1.29, 1.82) is 0 Å². The fourth-order valence-corrected chi connectivity index (χ4v) is 3.94. The van der Waals surface area contributed by atoms with Crippen molar-refractivity contribution in [3.8, 4) is 0 Å². The largest absolute Gasteiger partial charge is 0.395 e. The molecule has 1 saturated carbocycles. The predicted octanol–water partition coefficient (Wildman–Crippen LogP) is 0.314. The Balaban J connectivity index is 2.68. The van der Waals surface area contributed by atoms with Gasteiger partial charge in [-0.1, -0.05) is 0 Å². The molecule has 15 heavy (non-hydrogen) atoms. The molecule has 0 atom stereocenters. The number of hydrogen-bond acceptors (Lipinski definition) is 4. The summed E-state index contributed by atoms with van der Waals surface area (Å²) >= 11 is 0. The minimum absolute atomic E-state index is 0.0351. The molecule has 4 nitrogen and oxygen atoms in total. The van der Waals surface area contributed by atoms with E-state index in [2.05, 4.69) is 5.32 Å². The molecule has 0 aliphatic heterocycles. The third kappa shape index (κ3) is 2.34. The smallest absolute Gasteiger partial charge is 0.162 e. The van der Waals surface area contributed by atoms with Crippen molar-refractivity contribution in [2.45, 2.75) is 43.1 Å². The molecule has 0 spiro atoms. The van der Waals surface area contributed by atoms with Gasteiger partial charge in [0.05, 0.1) is 16.1 Å². The third-order valence-electron chi connectivity index (χ3n) is 3.17. The minimum Gasteiger partial charge on any atom is -0.395 e. The molecule has 0 amide bonds. The maximum atomic E-state index is 12.2. The topological polar surface area (TPSA) is 66.4 Å². The Bertz CT molecular complexity index is 318. The molecule has 1 aliphatic rings. The molecule has 0 radical (unpaired) electrons. The lowest BCUT2D eigenvalue weighted by atomic mass is 10.2. The van der Waals surface area contributed by atoms with Gasteiger partial charge in [0.15, 0.2) is 9.84 Å². The zero-order valence-corrected chi connectivity index (χ0v) is 10.5. The van der Waals surface area contributed by atoms with Crippen LogP contribution in [0.25, 0.3) is 0 Å². The van der Waals surface area contributed by atoms with Gasteiger partial charge in [0.1, 0.15) is 0 Å². The fraction of sp³-hybridized carbons (Fsp3) is 1.00. The highest BCUT2D eigenvalue weighted by Gasteiger charge is 2.55. The first kappa shape index (κ1) is 12.9. The molecule has 90 valence electrons. The molecule has 0 aromatic heterocycles. The molecule has 1 rings (SSSR count). The van der Waals surface area contributed by atoms with Crippen molar-refractivity contribution in [3.05, 3.63) is 0 Å². The van der Waals surface area contributed by atoms with Crippen LogP contribution >= 0.6 is 0 Å². The molecule has 0 bridgehead atoms. The number of aliphatic hydroxyl groups is 1. The Hall–Kier alpha value is -0.130. The molecule has 0 heterocycles. The van der Waals surface area contributed by atoms with E-state index in [0.29, 0.717) is 13.1 Å². The number of nitrogens with one attached hydrogen (secondary N) is 1. The van der Waals surface area contributed by atoms with E-state index in [4.69, 9.17) is 5.11 Å². The van der Waals surface area contributed by atoms with Crippen molar-refractivity contribution >= 4 is 9.84 Å². The van der Waals surface area contributed by atoms with Crippen molar-refractivity contribution in [3.63, 3.8) is 0 Å². The van der Waals surface area contributed by atoms with Gasteiger partial charge in [-0.3, -0.25) is 0 Å². The highest BCUT2D eigenvalue weighted by molar-refractivity contribution is 7.94. The normalized spacial score (nSPS) is 20.3. The standard InChI is InChI=1S/C10H21NO3S/c1-9(2,8-11-6-7-12)15(13,14)10(3)4-5-10/h11-12H,4-8H2,1-3H3. The lowest BCUT2D eigenvalue weighted by Crippen LogP contribution is -2.47. The van der Waals surface area contributed by atoms with Gasteiger partial charge in [-0.15, -0.1) is 0 Å². The second-order valence-electron chi connectivity index (χ2n) is 5.11. The van der Waals surface area contributed by atoms with Crippen LogP contribution in [-0.4, -0.2) is 42.7 Å². The SMILES string of the molecule is CC(C)(CNCCO)S(=O)(=O)C1(C)CC1. The van der Waals surface area contributed by atoms with Crippen LogP contribution < -0.4 is 5.32 Å². The summed E-state index contributed by atoms with van der Waals surface area (Å²) in [5.41, 5.74) is 0. The van der Waals surface area contributed by atoms with Gasteiger partial charge in [-0.2, -0.15) is 0 Å². The van der Waals surface area contributed by atoms with E-state index in [1.54, 1.807) is 13.8 Å². The average molecular weight is 235 g/mol. The highest BCUT2D eigenvalue weighted by atomic mass is 32.2. The first-order chi connectivity index (χ1) is 6.77. The first-order valence-corrected chi connectivity index (χ1v) is 6.81. The van der Waals surface area contributed by atoms with Crippen molar-refractivity contribution in [2.24, 2.45) is 0 Å². The molecular weight excluding hydrogens is 214 g/mol. The predicted molar refractivity (Wildman–Crippen MR) is 60.6 cm³/mol. The van der Waals surface area contributed by atoms with Gasteiger partial charge in [-0.25, -0.2) is 8.42 Å². The van der Waals surface area contributed by atoms with Crippen LogP contribution in [0.1, 0.15) is 33.6 Å². The maximum Gasteiger partial charge on any atom is 0.162 e. The van der Waals surface area contributed by atoms with Gasteiger partial charge in [-0.05, 0) is 33.6 Å². The molecule has 5 heteroatoms. The van der Waals surface area contributed by atoms with Crippen molar-refractivity contribution in [2.75, 3.05) is 19.7 Å². The highest BCUT2D eigenvalue weighted by Crippen LogP contribution is 2.47. The van der Waals surface area contributed by atoms with Gasteiger partial charge in [0.25, 0.3) is 0 Å². The van der Waals surface area contributed by atoms with Crippen LogP contribution in [0.3, 0.4) is 0 Å².